The van der Waals surface area contributed by atoms with Crippen LogP contribution in [0.3, 0.4) is 0 Å². The maximum Gasteiger partial charge on any atom is 0.340 e. The van der Waals surface area contributed by atoms with Crippen LogP contribution in [-0.2, 0) is 23.2 Å². The highest BCUT2D eigenvalue weighted by Gasteiger charge is 2.44. The van der Waals surface area contributed by atoms with Crippen LogP contribution >= 0.6 is 15.2 Å². The fourth-order valence-electron chi connectivity index (χ4n) is 2.92. The summed E-state index contributed by atoms with van der Waals surface area (Å²) in [4.78, 5) is 48.8. The molecule has 146 valence electrons. The van der Waals surface area contributed by atoms with E-state index in [2.05, 4.69) is 15.3 Å². The molecule has 0 aromatic rings. The van der Waals surface area contributed by atoms with Gasteiger partial charge in [0.15, 0.2) is 24.1 Å². The maximum absolute atomic E-state index is 11.8. The summed E-state index contributed by atoms with van der Waals surface area (Å²) < 4.78 is 33.0. The molecular weight excluding hydrogens is 392 g/mol. The topological polar surface area (TPSA) is 196 Å². The molecule has 0 radical (unpaired) electrons. The second kappa shape index (κ2) is 7.01. The maximum atomic E-state index is 11.8. The summed E-state index contributed by atoms with van der Waals surface area (Å²) in [5.74, 6) is -1.62. The van der Waals surface area contributed by atoms with Crippen molar-refractivity contribution in [1.29, 1.82) is 0 Å². The van der Waals surface area contributed by atoms with Crippen LogP contribution in [0.1, 0.15) is 12.8 Å². The van der Waals surface area contributed by atoms with Gasteiger partial charge in [-0.25, -0.2) is 4.99 Å². The molecule has 0 spiro atoms. The number of rotatable bonds is 6. The Morgan fingerprint density at radius 3 is 2.81 bits per heavy atom. The van der Waals surface area contributed by atoms with Gasteiger partial charge in [-0.05, 0) is 12.8 Å². The summed E-state index contributed by atoms with van der Waals surface area (Å²) in [6.45, 7) is -0.296. The van der Waals surface area contributed by atoms with Gasteiger partial charge in [0.1, 0.15) is 6.23 Å². The molecule has 5 atom stereocenters. The van der Waals surface area contributed by atoms with Crippen molar-refractivity contribution in [3.8, 4) is 0 Å². The molecule has 0 aliphatic carbocycles. The van der Waals surface area contributed by atoms with Crippen LogP contribution in [0.2, 0.25) is 0 Å². The normalized spacial score (nSPS) is 33.6. The van der Waals surface area contributed by atoms with Gasteiger partial charge in [-0.2, -0.15) is 0 Å². The Morgan fingerprint density at radius 2 is 2.12 bits per heavy atom. The lowest BCUT2D eigenvalue weighted by Crippen LogP contribution is -2.55. The highest BCUT2D eigenvalue weighted by molar-refractivity contribution is 7.70. The Balaban J connectivity index is 1.55. The van der Waals surface area contributed by atoms with E-state index in [1.807, 2.05) is 0 Å². The number of nitrogens with zero attached hydrogens (tertiary/aromatic N) is 3. The Kier molecular flexibility index (Phi) is 5.24. The second-order valence-electron chi connectivity index (χ2n) is 6.10. The molecule has 0 bridgehead atoms. The Bertz CT molecular complexity index is 738. The molecule has 0 saturated carbocycles. The van der Waals surface area contributed by atoms with Crippen molar-refractivity contribution in [2.45, 2.75) is 37.4 Å². The van der Waals surface area contributed by atoms with E-state index in [-0.39, 0.29) is 18.5 Å². The zero-order chi connectivity index (χ0) is 19.1. The smallest absolute Gasteiger partial charge is 0.340 e. The summed E-state index contributed by atoms with van der Waals surface area (Å²) >= 11 is 0. The molecule has 3 heterocycles. The van der Waals surface area contributed by atoms with Crippen LogP contribution in [0.15, 0.2) is 9.98 Å². The summed E-state index contributed by atoms with van der Waals surface area (Å²) in [7, 11) is -9.10. The third kappa shape index (κ3) is 4.49. The van der Waals surface area contributed by atoms with Crippen LogP contribution in [0.25, 0.3) is 0 Å². The number of amides is 1. The van der Waals surface area contributed by atoms with Crippen LogP contribution in [0.5, 0.6) is 0 Å². The third-order valence-electron chi connectivity index (χ3n) is 3.98. The van der Waals surface area contributed by atoms with E-state index >= 15 is 0 Å². The summed E-state index contributed by atoms with van der Waals surface area (Å²) in [6, 6.07) is -0.720. The lowest BCUT2D eigenvalue weighted by molar-refractivity contribution is -0.123. The van der Waals surface area contributed by atoms with E-state index in [9.17, 15) is 18.8 Å². The first-order valence-electron chi connectivity index (χ1n) is 7.65. The first-order valence-corrected chi connectivity index (χ1v) is 11.2. The Labute approximate surface area is 148 Å². The monoisotopic (exact) mass is 411 g/mol. The van der Waals surface area contributed by atoms with Crippen molar-refractivity contribution in [2.75, 3.05) is 12.5 Å². The van der Waals surface area contributed by atoms with Gasteiger partial charge in [0.05, 0.1) is 19.0 Å². The van der Waals surface area contributed by atoms with E-state index < -0.39 is 45.6 Å². The van der Waals surface area contributed by atoms with Crippen molar-refractivity contribution < 1.29 is 37.9 Å². The number of carbonyl (C=O) groups excluding carboxylic acids is 1. The highest BCUT2D eigenvalue weighted by Crippen LogP contribution is 2.55. The van der Waals surface area contributed by atoms with Gasteiger partial charge in [0, 0.05) is 0 Å². The number of hydrogen-bond donors (Lipinski definition) is 5. The molecule has 0 aromatic heterocycles. The van der Waals surface area contributed by atoms with E-state index in [1.165, 1.54) is 6.34 Å². The van der Waals surface area contributed by atoms with Gasteiger partial charge in [-0.1, -0.05) is 0 Å². The predicted octanol–water partition coefficient (Wildman–Crippen LogP) is -1.69. The minimum absolute atomic E-state index is 0.0108. The van der Waals surface area contributed by atoms with E-state index in [4.69, 9.17) is 24.8 Å². The number of guanidine groups is 1. The van der Waals surface area contributed by atoms with Gasteiger partial charge in [-0.15, -0.1) is 0 Å². The van der Waals surface area contributed by atoms with Crippen molar-refractivity contribution in [1.82, 2.24) is 10.2 Å². The van der Waals surface area contributed by atoms with Crippen LogP contribution in [-0.4, -0.2) is 74.8 Å². The molecule has 26 heavy (non-hydrogen) atoms. The zero-order valence-electron chi connectivity index (χ0n) is 13.4. The van der Waals surface area contributed by atoms with Crippen molar-refractivity contribution in [3.63, 3.8) is 0 Å². The number of nitrogens with two attached hydrogens (primary N) is 1. The average molecular weight is 411 g/mol. The zero-order valence-corrected chi connectivity index (χ0v) is 15.2. The van der Waals surface area contributed by atoms with Gasteiger partial charge in [0.2, 0.25) is 0 Å². The SMILES string of the molecule is NC1=NC2C(N=CN2C2CCC(COP(=O)(O)CP(=O)(O)O)O2)C(=O)N1. The number of carbonyl (C=O) groups is 1. The minimum atomic E-state index is -4.67. The Morgan fingerprint density at radius 1 is 1.38 bits per heavy atom. The number of aliphatic imine (C=N–C) groups is 2. The predicted molar refractivity (Wildman–Crippen MR) is 88.3 cm³/mol. The molecule has 3 aliphatic rings. The van der Waals surface area contributed by atoms with Gasteiger partial charge >= 0.3 is 15.2 Å². The standard InChI is InChI=1S/C11H19N5O8P2/c12-11-14-9-8(10(17)15-11)13-4-16(9)7-2-1-6(24-7)3-23-26(21,22)5-25(18,19)20/h4,6-9H,1-3,5H2,(H,21,22)(H2,18,19,20)(H3,12,14,15,17). The second-order valence-corrected chi connectivity index (χ2v) is 10.1. The third-order valence-corrected chi connectivity index (χ3v) is 7.44. The van der Waals surface area contributed by atoms with Crippen molar-refractivity contribution in [2.24, 2.45) is 15.7 Å². The van der Waals surface area contributed by atoms with Crippen LogP contribution in [0, 0.1) is 0 Å². The Hall–Kier alpha value is -1.33. The molecule has 3 rings (SSSR count). The molecule has 1 amide bonds. The molecule has 0 aromatic carbocycles. The molecule has 3 aliphatic heterocycles. The lowest BCUT2D eigenvalue weighted by Gasteiger charge is -2.31. The lowest BCUT2D eigenvalue weighted by atomic mass is 10.2. The number of nitrogens with one attached hydrogen (secondary N) is 1. The van der Waals surface area contributed by atoms with E-state index in [0.717, 1.165) is 0 Å². The summed E-state index contributed by atoms with van der Waals surface area (Å²) in [5, 5.41) is 2.39. The minimum Gasteiger partial charge on any atom is -0.370 e. The molecular formula is C11H19N5O8P2. The number of ether oxygens (including phenoxy) is 1. The quantitative estimate of drug-likeness (QED) is 0.315. The summed E-state index contributed by atoms with van der Waals surface area (Å²) in [5.41, 5.74) is 5.57. The van der Waals surface area contributed by atoms with Gasteiger partial charge in [0.25, 0.3) is 5.91 Å². The number of hydrogen-bond acceptors (Lipinski definition) is 9. The molecule has 15 heteroatoms. The first kappa shape index (κ1) is 19.4. The molecule has 5 unspecified atom stereocenters. The summed E-state index contributed by atoms with van der Waals surface area (Å²) in [6.07, 6.45) is 0.804. The highest BCUT2D eigenvalue weighted by atomic mass is 31.2. The first-order chi connectivity index (χ1) is 12.0. The molecule has 1 fully saturated rings. The molecule has 13 nitrogen and oxygen atoms in total. The van der Waals surface area contributed by atoms with Gasteiger partial charge < -0.3 is 34.6 Å². The molecule has 6 N–H and O–H groups in total. The average Bonchev–Trinajstić information content (AvgIpc) is 3.08. The fourth-order valence-corrected chi connectivity index (χ4v) is 5.51. The largest absolute Gasteiger partial charge is 0.370 e. The fraction of sp³-hybridized carbons (Fsp3) is 0.727. The van der Waals surface area contributed by atoms with Crippen LogP contribution in [0.4, 0.5) is 0 Å². The molecule has 1 saturated heterocycles. The van der Waals surface area contributed by atoms with Crippen molar-refractivity contribution >= 4 is 33.4 Å². The van der Waals surface area contributed by atoms with Crippen molar-refractivity contribution in [3.05, 3.63) is 0 Å². The number of fused-ring (bicyclic) bond motifs is 1. The van der Waals surface area contributed by atoms with E-state index in [0.29, 0.717) is 12.8 Å². The van der Waals surface area contributed by atoms with Gasteiger partial charge in [-0.3, -0.25) is 24.2 Å². The van der Waals surface area contributed by atoms with E-state index in [1.54, 1.807) is 4.90 Å². The van der Waals surface area contributed by atoms with Crippen LogP contribution < -0.4 is 11.1 Å².